The van der Waals surface area contributed by atoms with Crippen molar-refractivity contribution in [3.8, 4) is 0 Å². The van der Waals surface area contributed by atoms with Crippen LogP contribution in [0.3, 0.4) is 0 Å². The first-order valence-corrected chi connectivity index (χ1v) is 6.71. The van der Waals surface area contributed by atoms with Gasteiger partial charge in [0.15, 0.2) is 0 Å². The van der Waals surface area contributed by atoms with E-state index < -0.39 is 0 Å². The first-order chi connectivity index (χ1) is 7.03. The molecule has 1 aliphatic rings. The van der Waals surface area contributed by atoms with Crippen LogP contribution in [0.15, 0.2) is 0 Å². The van der Waals surface area contributed by atoms with Gasteiger partial charge < -0.3 is 14.4 Å². The standard InChI is InChI=1S/C10H21BO3S/c1-9-8-10(2,3)14-11(13-9)4-6-15-7-5-12/h9,12H,4-8H2,1-3H3. The molecular formula is C10H21BO3S. The lowest BCUT2D eigenvalue weighted by atomic mass is 9.80. The second-order valence-corrected chi connectivity index (χ2v) is 5.81. The van der Waals surface area contributed by atoms with Crippen LogP contribution in [0, 0.1) is 0 Å². The van der Waals surface area contributed by atoms with Gasteiger partial charge in [0.25, 0.3) is 0 Å². The van der Waals surface area contributed by atoms with Gasteiger partial charge in [-0.25, -0.2) is 0 Å². The minimum atomic E-state index is -0.0741. The summed E-state index contributed by atoms with van der Waals surface area (Å²) < 4.78 is 11.5. The molecule has 1 aliphatic heterocycles. The minimum Gasteiger partial charge on any atom is -0.409 e. The summed E-state index contributed by atoms with van der Waals surface area (Å²) in [5.41, 5.74) is -0.0655. The number of aliphatic hydroxyl groups excluding tert-OH is 1. The van der Waals surface area contributed by atoms with Crippen molar-refractivity contribution < 1.29 is 14.4 Å². The van der Waals surface area contributed by atoms with Gasteiger partial charge in [0.05, 0.1) is 12.2 Å². The Morgan fingerprint density at radius 3 is 2.80 bits per heavy atom. The van der Waals surface area contributed by atoms with Crippen LogP contribution in [0.4, 0.5) is 0 Å². The number of hydrogen-bond donors (Lipinski definition) is 1. The van der Waals surface area contributed by atoms with Crippen molar-refractivity contribution >= 4 is 18.9 Å². The summed E-state index contributed by atoms with van der Waals surface area (Å²) in [5, 5.41) is 8.65. The average molecular weight is 232 g/mol. The van der Waals surface area contributed by atoms with Gasteiger partial charge in [0.1, 0.15) is 0 Å². The molecule has 1 rings (SSSR count). The predicted molar refractivity (Wildman–Crippen MR) is 65.3 cm³/mol. The van der Waals surface area contributed by atoms with Crippen molar-refractivity contribution in [1.82, 2.24) is 0 Å². The highest BCUT2D eigenvalue weighted by Crippen LogP contribution is 2.27. The van der Waals surface area contributed by atoms with Gasteiger partial charge >= 0.3 is 7.12 Å². The van der Waals surface area contributed by atoms with Crippen LogP contribution in [-0.4, -0.2) is 42.0 Å². The molecule has 5 heteroatoms. The summed E-state index contributed by atoms with van der Waals surface area (Å²) >= 11 is 1.74. The van der Waals surface area contributed by atoms with E-state index in [4.69, 9.17) is 14.4 Å². The quantitative estimate of drug-likeness (QED) is 0.579. The lowest BCUT2D eigenvalue weighted by Crippen LogP contribution is -2.45. The highest BCUT2D eigenvalue weighted by molar-refractivity contribution is 7.99. The van der Waals surface area contributed by atoms with Crippen molar-refractivity contribution in [3.63, 3.8) is 0 Å². The van der Waals surface area contributed by atoms with Crippen LogP contribution >= 0.6 is 11.8 Å². The zero-order valence-corrected chi connectivity index (χ0v) is 10.7. The molecule has 1 unspecified atom stereocenters. The maximum atomic E-state index is 8.65. The summed E-state index contributed by atoms with van der Waals surface area (Å²) in [7, 11) is -0.0741. The second-order valence-electron chi connectivity index (χ2n) is 4.58. The molecule has 88 valence electrons. The fourth-order valence-corrected chi connectivity index (χ4v) is 2.60. The molecule has 0 radical (unpaired) electrons. The van der Waals surface area contributed by atoms with Gasteiger partial charge in [-0.3, -0.25) is 0 Å². The Morgan fingerprint density at radius 2 is 2.20 bits per heavy atom. The molecule has 0 amide bonds. The molecule has 15 heavy (non-hydrogen) atoms. The minimum absolute atomic E-state index is 0.0655. The highest BCUT2D eigenvalue weighted by Gasteiger charge is 2.36. The molecule has 1 N–H and O–H groups in total. The van der Waals surface area contributed by atoms with E-state index in [9.17, 15) is 0 Å². The molecule has 1 atom stereocenters. The van der Waals surface area contributed by atoms with E-state index >= 15 is 0 Å². The maximum Gasteiger partial charge on any atom is 0.458 e. The van der Waals surface area contributed by atoms with Crippen molar-refractivity contribution in [3.05, 3.63) is 0 Å². The highest BCUT2D eigenvalue weighted by atomic mass is 32.2. The lowest BCUT2D eigenvalue weighted by Gasteiger charge is -2.38. The van der Waals surface area contributed by atoms with Gasteiger partial charge in [0, 0.05) is 11.9 Å². The van der Waals surface area contributed by atoms with Crippen molar-refractivity contribution in [2.45, 2.75) is 45.2 Å². The van der Waals surface area contributed by atoms with Crippen LogP contribution in [-0.2, 0) is 9.31 Å². The van der Waals surface area contributed by atoms with E-state index in [1.165, 1.54) is 0 Å². The van der Waals surface area contributed by atoms with Crippen molar-refractivity contribution in [2.75, 3.05) is 18.1 Å². The Hall–Kier alpha value is 0.295. The van der Waals surface area contributed by atoms with Crippen molar-refractivity contribution in [1.29, 1.82) is 0 Å². The first kappa shape index (κ1) is 13.4. The summed E-state index contributed by atoms with van der Waals surface area (Å²) in [6.45, 7) is 6.57. The van der Waals surface area contributed by atoms with Crippen LogP contribution in [0.25, 0.3) is 0 Å². The summed E-state index contributed by atoms with van der Waals surface area (Å²) in [5.74, 6) is 1.78. The molecule has 1 heterocycles. The fraction of sp³-hybridized carbons (Fsp3) is 1.00. The van der Waals surface area contributed by atoms with E-state index in [2.05, 4.69) is 20.8 Å². The molecule has 1 fully saturated rings. The van der Waals surface area contributed by atoms with Gasteiger partial charge in [-0.1, -0.05) is 0 Å². The van der Waals surface area contributed by atoms with E-state index in [0.717, 1.165) is 24.2 Å². The Morgan fingerprint density at radius 1 is 1.47 bits per heavy atom. The number of rotatable bonds is 5. The maximum absolute atomic E-state index is 8.65. The summed E-state index contributed by atoms with van der Waals surface area (Å²) in [6, 6.07) is 0. The van der Waals surface area contributed by atoms with Gasteiger partial charge in [-0.2, -0.15) is 11.8 Å². The van der Waals surface area contributed by atoms with Crippen LogP contribution in [0.5, 0.6) is 0 Å². The van der Waals surface area contributed by atoms with E-state index in [1.54, 1.807) is 11.8 Å². The Kier molecular flexibility index (Phi) is 5.46. The molecule has 0 aromatic carbocycles. The Balaban J connectivity index is 2.23. The third-order valence-electron chi connectivity index (χ3n) is 2.35. The monoisotopic (exact) mass is 232 g/mol. The molecule has 0 bridgehead atoms. The van der Waals surface area contributed by atoms with Gasteiger partial charge in [-0.15, -0.1) is 0 Å². The predicted octanol–water partition coefficient (Wildman–Crippen LogP) is 1.80. The molecule has 0 aromatic rings. The molecule has 0 spiro atoms. The Bertz CT molecular complexity index is 190. The van der Waals surface area contributed by atoms with E-state index in [-0.39, 0.29) is 25.4 Å². The lowest BCUT2D eigenvalue weighted by molar-refractivity contribution is -0.0281. The zero-order valence-electron chi connectivity index (χ0n) is 9.86. The SMILES string of the molecule is CC1CC(C)(C)OB(CCSCCO)O1. The fourth-order valence-electron chi connectivity index (χ4n) is 1.90. The summed E-state index contributed by atoms with van der Waals surface area (Å²) in [6.07, 6.45) is 2.13. The zero-order chi connectivity index (χ0) is 11.3. The third kappa shape index (κ3) is 5.25. The topological polar surface area (TPSA) is 38.7 Å². The van der Waals surface area contributed by atoms with Crippen LogP contribution in [0.1, 0.15) is 27.2 Å². The average Bonchev–Trinajstić information content (AvgIpc) is 2.09. The largest absolute Gasteiger partial charge is 0.458 e. The van der Waals surface area contributed by atoms with E-state index in [1.807, 2.05) is 0 Å². The molecule has 1 saturated heterocycles. The smallest absolute Gasteiger partial charge is 0.409 e. The van der Waals surface area contributed by atoms with Crippen LogP contribution in [0.2, 0.25) is 6.32 Å². The third-order valence-corrected chi connectivity index (χ3v) is 3.34. The van der Waals surface area contributed by atoms with Crippen LogP contribution < -0.4 is 0 Å². The van der Waals surface area contributed by atoms with Gasteiger partial charge in [0.2, 0.25) is 0 Å². The Labute approximate surface area is 97.1 Å². The normalized spacial score (nSPS) is 25.6. The molecular weight excluding hydrogens is 211 g/mol. The van der Waals surface area contributed by atoms with Gasteiger partial charge in [-0.05, 0) is 39.3 Å². The van der Waals surface area contributed by atoms with Crippen molar-refractivity contribution in [2.24, 2.45) is 0 Å². The second kappa shape index (κ2) is 6.13. The molecule has 0 saturated carbocycles. The summed E-state index contributed by atoms with van der Waals surface area (Å²) in [4.78, 5) is 0. The number of aliphatic hydroxyl groups is 1. The molecule has 0 aromatic heterocycles. The molecule has 3 nitrogen and oxygen atoms in total. The number of hydrogen-bond acceptors (Lipinski definition) is 4. The number of thioether (sulfide) groups is 1. The molecule has 0 aliphatic carbocycles. The first-order valence-electron chi connectivity index (χ1n) is 5.55. The van der Waals surface area contributed by atoms with E-state index in [0.29, 0.717) is 0 Å².